The lowest BCUT2D eigenvalue weighted by atomic mass is 10.1. The monoisotopic (exact) mass is 355 g/mol. The van der Waals surface area contributed by atoms with Gasteiger partial charge in [-0.3, -0.25) is 4.79 Å². The van der Waals surface area contributed by atoms with Gasteiger partial charge in [0.05, 0.1) is 11.9 Å². The number of phenols is 1. The van der Waals surface area contributed by atoms with E-state index in [-0.39, 0.29) is 17.4 Å². The predicted molar refractivity (Wildman–Crippen MR) is 109 cm³/mol. The van der Waals surface area contributed by atoms with E-state index in [1.54, 1.807) is 17.0 Å². The van der Waals surface area contributed by atoms with Crippen LogP contribution < -0.4 is 4.90 Å². The summed E-state index contributed by atoms with van der Waals surface area (Å²) in [5.74, 6) is -0.0699. The van der Waals surface area contributed by atoms with E-state index in [1.165, 1.54) is 6.21 Å². The quantitative estimate of drug-likeness (QED) is 0.438. The SMILES string of the molecule is C=CCN1C(=O)C(=N/N=C/c2ccc3ccccc3c2O)c2ccccc21. The second-order valence-electron chi connectivity index (χ2n) is 6.14. The Morgan fingerprint density at radius 3 is 2.67 bits per heavy atom. The van der Waals surface area contributed by atoms with Crippen molar-refractivity contribution in [2.24, 2.45) is 10.2 Å². The molecule has 0 spiro atoms. The highest BCUT2D eigenvalue weighted by molar-refractivity contribution is 6.54. The minimum Gasteiger partial charge on any atom is -0.507 e. The van der Waals surface area contributed by atoms with Gasteiger partial charge in [0.25, 0.3) is 5.91 Å². The van der Waals surface area contributed by atoms with Gasteiger partial charge in [-0.05, 0) is 17.5 Å². The van der Waals surface area contributed by atoms with Crippen LogP contribution >= 0.6 is 0 Å². The fraction of sp³-hybridized carbons (Fsp3) is 0.0455. The number of hydrogen-bond donors (Lipinski definition) is 1. The van der Waals surface area contributed by atoms with Gasteiger partial charge in [0.2, 0.25) is 0 Å². The number of hydrogen-bond acceptors (Lipinski definition) is 4. The number of para-hydroxylation sites is 1. The smallest absolute Gasteiger partial charge is 0.279 e. The van der Waals surface area contributed by atoms with Crippen LogP contribution in [0.15, 0.2) is 83.5 Å². The highest BCUT2D eigenvalue weighted by Gasteiger charge is 2.32. The molecule has 1 N–H and O–H groups in total. The largest absolute Gasteiger partial charge is 0.507 e. The third-order valence-electron chi connectivity index (χ3n) is 4.50. The molecule has 1 aliphatic rings. The molecule has 0 radical (unpaired) electrons. The Labute approximate surface area is 156 Å². The average molecular weight is 355 g/mol. The number of carbonyl (C=O) groups is 1. The van der Waals surface area contributed by atoms with Crippen molar-refractivity contribution in [1.82, 2.24) is 0 Å². The number of benzene rings is 3. The van der Waals surface area contributed by atoms with Crippen molar-refractivity contribution in [2.45, 2.75) is 0 Å². The van der Waals surface area contributed by atoms with Crippen molar-refractivity contribution >= 4 is 34.3 Å². The summed E-state index contributed by atoms with van der Waals surface area (Å²) in [5.41, 5.74) is 2.36. The van der Waals surface area contributed by atoms with Gasteiger partial charge in [-0.2, -0.15) is 5.10 Å². The number of carbonyl (C=O) groups excluding carboxylic acids is 1. The van der Waals surface area contributed by atoms with Crippen LogP contribution in [0.3, 0.4) is 0 Å². The van der Waals surface area contributed by atoms with Crippen LogP contribution in [-0.2, 0) is 4.79 Å². The molecule has 0 aliphatic carbocycles. The molecule has 1 heterocycles. The number of aromatic hydroxyl groups is 1. The first kappa shape index (κ1) is 16.7. The summed E-state index contributed by atoms with van der Waals surface area (Å²) in [6, 6.07) is 18.7. The Hall–Kier alpha value is -3.73. The molecular weight excluding hydrogens is 338 g/mol. The van der Waals surface area contributed by atoms with E-state index in [0.717, 1.165) is 22.0 Å². The summed E-state index contributed by atoms with van der Waals surface area (Å²) in [6.07, 6.45) is 3.13. The Kier molecular flexibility index (Phi) is 4.26. The molecular formula is C22H17N3O2. The lowest BCUT2D eigenvalue weighted by molar-refractivity contribution is -0.112. The molecule has 0 atom stereocenters. The molecule has 0 saturated carbocycles. The average Bonchev–Trinajstić information content (AvgIpc) is 2.96. The van der Waals surface area contributed by atoms with Crippen molar-refractivity contribution < 1.29 is 9.90 Å². The zero-order valence-electron chi connectivity index (χ0n) is 14.5. The molecule has 132 valence electrons. The molecule has 0 saturated heterocycles. The molecule has 0 unspecified atom stereocenters. The van der Waals surface area contributed by atoms with Gasteiger partial charge in [0.1, 0.15) is 5.75 Å². The molecule has 5 heteroatoms. The lowest BCUT2D eigenvalue weighted by Gasteiger charge is -2.13. The highest BCUT2D eigenvalue weighted by Crippen LogP contribution is 2.30. The third kappa shape index (κ3) is 2.89. The standard InChI is InChI=1S/C22H17N3O2/c1-2-13-25-19-10-6-5-9-18(19)20(22(25)27)24-23-14-16-12-11-15-7-3-4-8-17(15)21(16)26/h2-12,14,26H,1,13H2/b23-14+,24-20?. The summed E-state index contributed by atoms with van der Waals surface area (Å²) in [4.78, 5) is 14.3. The van der Waals surface area contributed by atoms with Gasteiger partial charge in [-0.15, -0.1) is 11.7 Å². The number of nitrogens with zero attached hydrogens (tertiary/aromatic N) is 3. The Morgan fingerprint density at radius 1 is 1.04 bits per heavy atom. The fourth-order valence-electron chi connectivity index (χ4n) is 3.19. The number of amides is 1. The molecule has 4 rings (SSSR count). The van der Waals surface area contributed by atoms with E-state index in [2.05, 4.69) is 16.8 Å². The zero-order valence-corrected chi connectivity index (χ0v) is 14.5. The van der Waals surface area contributed by atoms with E-state index in [0.29, 0.717) is 12.1 Å². The second-order valence-corrected chi connectivity index (χ2v) is 6.14. The summed E-state index contributed by atoms with van der Waals surface area (Å²) in [7, 11) is 0. The van der Waals surface area contributed by atoms with Crippen molar-refractivity contribution in [1.29, 1.82) is 0 Å². The van der Waals surface area contributed by atoms with Gasteiger partial charge in [-0.1, -0.05) is 54.6 Å². The minimum absolute atomic E-state index is 0.142. The molecule has 1 aliphatic heterocycles. The molecule has 0 bridgehead atoms. The normalized spacial score (nSPS) is 15.0. The summed E-state index contributed by atoms with van der Waals surface area (Å²) < 4.78 is 0. The van der Waals surface area contributed by atoms with Gasteiger partial charge >= 0.3 is 0 Å². The van der Waals surface area contributed by atoms with Crippen LogP contribution in [0.2, 0.25) is 0 Å². The highest BCUT2D eigenvalue weighted by atomic mass is 16.3. The number of rotatable bonds is 4. The zero-order chi connectivity index (χ0) is 18.8. The van der Waals surface area contributed by atoms with Crippen LogP contribution in [0.25, 0.3) is 10.8 Å². The molecule has 1 amide bonds. The van der Waals surface area contributed by atoms with Gasteiger partial charge in [0.15, 0.2) is 5.71 Å². The van der Waals surface area contributed by atoms with Crippen molar-refractivity contribution in [3.63, 3.8) is 0 Å². The number of fused-ring (bicyclic) bond motifs is 2. The van der Waals surface area contributed by atoms with E-state index in [9.17, 15) is 9.90 Å². The Morgan fingerprint density at radius 2 is 1.81 bits per heavy atom. The van der Waals surface area contributed by atoms with E-state index in [1.807, 2.05) is 54.6 Å². The van der Waals surface area contributed by atoms with Crippen molar-refractivity contribution in [3.05, 3.63) is 84.4 Å². The Balaban J connectivity index is 1.70. The van der Waals surface area contributed by atoms with Crippen LogP contribution in [0.5, 0.6) is 5.75 Å². The lowest BCUT2D eigenvalue weighted by Crippen LogP contribution is -2.30. The maximum Gasteiger partial charge on any atom is 0.279 e. The first-order valence-electron chi connectivity index (χ1n) is 8.54. The van der Waals surface area contributed by atoms with Gasteiger partial charge in [-0.25, -0.2) is 0 Å². The van der Waals surface area contributed by atoms with Gasteiger partial charge < -0.3 is 10.0 Å². The topological polar surface area (TPSA) is 65.3 Å². The minimum atomic E-state index is -0.212. The van der Waals surface area contributed by atoms with Crippen LogP contribution in [0.4, 0.5) is 5.69 Å². The van der Waals surface area contributed by atoms with E-state index in [4.69, 9.17) is 0 Å². The molecule has 3 aromatic carbocycles. The second kappa shape index (κ2) is 6.88. The van der Waals surface area contributed by atoms with Crippen LogP contribution in [0.1, 0.15) is 11.1 Å². The summed E-state index contributed by atoms with van der Waals surface area (Å²) >= 11 is 0. The third-order valence-corrected chi connectivity index (χ3v) is 4.50. The summed E-state index contributed by atoms with van der Waals surface area (Å²) in [5, 5.41) is 20.3. The molecule has 27 heavy (non-hydrogen) atoms. The first-order valence-corrected chi connectivity index (χ1v) is 8.54. The van der Waals surface area contributed by atoms with E-state index >= 15 is 0 Å². The van der Waals surface area contributed by atoms with Crippen LogP contribution in [-0.4, -0.2) is 29.5 Å². The number of anilines is 1. The maximum absolute atomic E-state index is 12.7. The molecule has 0 fully saturated rings. The van der Waals surface area contributed by atoms with E-state index < -0.39 is 0 Å². The van der Waals surface area contributed by atoms with Gasteiger partial charge in [0, 0.05) is 23.1 Å². The summed E-state index contributed by atoms with van der Waals surface area (Å²) in [6.45, 7) is 4.11. The molecule has 3 aromatic rings. The first-order chi connectivity index (χ1) is 13.2. The van der Waals surface area contributed by atoms with Crippen LogP contribution in [0, 0.1) is 0 Å². The maximum atomic E-state index is 12.7. The van der Waals surface area contributed by atoms with Crippen molar-refractivity contribution in [2.75, 3.05) is 11.4 Å². The molecule has 5 nitrogen and oxygen atoms in total. The fourth-order valence-corrected chi connectivity index (χ4v) is 3.19. The molecule has 0 aromatic heterocycles. The Bertz CT molecular complexity index is 1120. The van der Waals surface area contributed by atoms with Crippen molar-refractivity contribution in [3.8, 4) is 5.75 Å². The predicted octanol–water partition coefficient (Wildman–Crippen LogP) is 3.90. The number of phenolic OH excluding ortho intramolecular Hbond substituents is 1.